The molecule has 5 unspecified atom stereocenters. The molecular formula is C31H36N2P2. The van der Waals surface area contributed by atoms with E-state index in [0.29, 0.717) is 5.41 Å². The van der Waals surface area contributed by atoms with Gasteiger partial charge in [-0.2, -0.15) is 0 Å². The van der Waals surface area contributed by atoms with Gasteiger partial charge in [0.05, 0.1) is 5.16 Å². The Kier molecular flexibility index (Phi) is 5.31. The van der Waals surface area contributed by atoms with Gasteiger partial charge in [-0.1, -0.05) is 30.4 Å². The highest BCUT2D eigenvalue weighted by Crippen LogP contribution is 2.69. The van der Waals surface area contributed by atoms with Crippen LogP contribution in [0.2, 0.25) is 0 Å². The third kappa shape index (κ3) is 3.29. The fourth-order valence-corrected chi connectivity index (χ4v) is 10.2. The summed E-state index contributed by atoms with van der Waals surface area (Å²) in [6, 6.07) is 4.53. The van der Waals surface area contributed by atoms with Crippen LogP contribution in [0.3, 0.4) is 0 Å². The molecule has 5 atom stereocenters. The van der Waals surface area contributed by atoms with Crippen LogP contribution in [-0.2, 0) is 5.16 Å². The molecule has 0 aliphatic heterocycles. The van der Waals surface area contributed by atoms with Crippen LogP contribution >= 0.6 is 18.5 Å². The largest absolute Gasteiger partial charge is 0.367 e. The molecule has 180 valence electrons. The Morgan fingerprint density at radius 1 is 0.943 bits per heavy atom. The summed E-state index contributed by atoms with van der Waals surface area (Å²) in [5.41, 5.74) is 8.94. The molecule has 2 aromatic rings. The van der Waals surface area contributed by atoms with Gasteiger partial charge in [0.2, 0.25) is 0 Å². The van der Waals surface area contributed by atoms with E-state index in [1.807, 2.05) is 0 Å². The zero-order chi connectivity index (χ0) is 23.6. The summed E-state index contributed by atoms with van der Waals surface area (Å²) in [5.74, 6) is 3.49. The second-order valence-corrected chi connectivity index (χ2v) is 13.0. The van der Waals surface area contributed by atoms with Gasteiger partial charge < -0.3 is 9.97 Å². The van der Waals surface area contributed by atoms with Crippen molar-refractivity contribution in [1.82, 2.24) is 9.97 Å². The number of hydrogen-bond acceptors (Lipinski definition) is 0. The fourth-order valence-electron chi connectivity index (χ4n) is 8.76. The molecule has 0 spiro atoms. The molecule has 2 heterocycles. The maximum atomic E-state index is 3.36. The van der Waals surface area contributed by atoms with Crippen LogP contribution in [0.5, 0.6) is 0 Å². The van der Waals surface area contributed by atoms with Gasteiger partial charge in [0.15, 0.2) is 0 Å². The first-order valence-corrected chi connectivity index (χ1v) is 14.8. The monoisotopic (exact) mass is 498 g/mol. The standard InChI is InChI=1S/C31H36N2P2/c34-19-29-24-11-20-10-21(12-24)16-30(29,15-20)27-13-23(22-4-2-1-3-5-22)14-28(27)31(35,25-6-8-32-17-25)26-7-9-33-18-26/h1-4,6-9,13-14,17-18,20-21,24,29,32-33H,5,10-12,15-16,19,34-35H2. The summed E-state index contributed by atoms with van der Waals surface area (Å²) in [4.78, 5) is 6.72. The molecule has 8 rings (SSSR count). The predicted octanol–water partition coefficient (Wildman–Crippen LogP) is 7.46. The van der Waals surface area contributed by atoms with Crippen molar-refractivity contribution in [3.63, 3.8) is 0 Å². The van der Waals surface area contributed by atoms with Gasteiger partial charge in [-0.3, -0.25) is 0 Å². The van der Waals surface area contributed by atoms with E-state index in [-0.39, 0.29) is 5.16 Å². The quantitative estimate of drug-likeness (QED) is 0.401. The minimum atomic E-state index is -0.281. The highest BCUT2D eigenvalue weighted by atomic mass is 31.0. The van der Waals surface area contributed by atoms with Crippen LogP contribution in [0.4, 0.5) is 0 Å². The van der Waals surface area contributed by atoms with E-state index in [1.165, 1.54) is 66.1 Å². The lowest BCUT2D eigenvalue weighted by Gasteiger charge is -2.63. The molecule has 4 fully saturated rings. The second-order valence-electron chi connectivity index (χ2n) is 11.7. The zero-order valence-electron chi connectivity index (χ0n) is 20.3. The molecule has 0 radical (unpaired) electrons. The highest BCUT2D eigenvalue weighted by molar-refractivity contribution is 7.19. The maximum absolute atomic E-state index is 3.36. The van der Waals surface area contributed by atoms with Crippen molar-refractivity contribution in [3.05, 3.63) is 107 Å². The maximum Gasteiger partial charge on any atom is 0.0624 e. The molecule has 2 aromatic heterocycles. The molecule has 35 heavy (non-hydrogen) atoms. The summed E-state index contributed by atoms with van der Waals surface area (Å²) in [6.07, 6.45) is 32.1. The molecule has 4 bridgehead atoms. The number of aromatic amines is 2. The molecule has 2 N–H and O–H groups in total. The van der Waals surface area contributed by atoms with Gasteiger partial charge in [-0.15, -0.1) is 18.5 Å². The van der Waals surface area contributed by atoms with E-state index in [0.717, 1.165) is 30.1 Å². The Bertz CT molecular complexity index is 1220. The normalized spacial score (nSPS) is 35.6. The van der Waals surface area contributed by atoms with Crippen LogP contribution in [-0.4, -0.2) is 16.1 Å². The Morgan fingerprint density at radius 3 is 2.23 bits per heavy atom. The first-order chi connectivity index (χ1) is 17.1. The van der Waals surface area contributed by atoms with Gasteiger partial charge in [0.1, 0.15) is 0 Å². The Balaban J connectivity index is 1.46. The summed E-state index contributed by atoms with van der Waals surface area (Å²) < 4.78 is 0. The van der Waals surface area contributed by atoms with Gasteiger partial charge in [-0.25, -0.2) is 0 Å². The molecule has 4 heteroatoms. The SMILES string of the molecule is PCC1C2CC3CC(C2)CC1(C1=CC(=C2C=CC=CC2)C=C1C(P)(c1cc[nH]c1)c1cc[nH]c1)C3. The first kappa shape index (κ1) is 22.3. The number of nitrogens with one attached hydrogen (secondary N) is 2. The van der Waals surface area contributed by atoms with Crippen molar-refractivity contribution in [2.75, 3.05) is 6.16 Å². The van der Waals surface area contributed by atoms with E-state index in [9.17, 15) is 0 Å². The molecule has 0 aromatic carbocycles. The van der Waals surface area contributed by atoms with Gasteiger partial charge in [-0.05, 0) is 125 Å². The van der Waals surface area contributed by atoms with Crippen LogP contribution in [0.25, 0.3) is 0 Å². The van der Waals surface area contributed by atoms with Crippen molar-refractivity contribution in [2.24, 2.45) is 29.1 Å². The summed E-state index contributed by atoms with van der Waals surface area (Å²) in [5, 5.41) is -0.281. The van der Waals surface area contributed by atoms with E-state index in [4.69, 9.17) is 0 Å². The topological polar surface area (TPSA) is 31.6 Å². The van der Waals surface area contributed by atoms with E-state index < -0.39 is 0 Å². The average molecular weight is 499 g/mol. The molecule has 6 aliphatic carbocycles. The van der Waals surface area contributed by atoms with Crippen LogP contribution in [0.15, 0.2) is 95.7 Å². The molecule has 2 nitrogen and oxygen atoms in total. The van der Waals surface area contributed by atoms with E-state index in [1.54, 1.807) is 5.57 Å². The van der Waals surface area contributed by atoms with E-state index in [2.05, 4.69) is 102 Å². The lowest BCUT2D eigenvalue weighted by atomic mass is 9.43. The average Bonchev–Trinajstić information content (AvgIpc) is 3.66. The third-order valence-electron chi connectivity index (χ3n) is 9.99. The second kappa shape index (κ2) is 8.33. The Morgan fingerprint density at radius 2 is 1.66 bits per heavy atom. The highest BCUT2D eigenvalue weighted by Gasteiger charge is 2.59. The molecule has 4 saturated carbocycles. The zero-order valence-corrected chi connectivity index (χ0v) is 22.7. The number of aromatic nitrogens is 2. The van der Waals surface area contributed by atoms with Crippen LogP contribution in [0, 0.1) is 29.1 Å². The molecular weight excluding hydrogens is 462 g/mol. The minimum Gasteiger partial charge on any atom is -0.367 e. The lowest BCUT2D eigenvalue weighted by molar-refractivity contribution is -0.0767. The van der Waals surface area contributed by atoms with Crippen molar-refractivity contribution in [1.29, 1.82) is 0 Å². The third-order valence-corrected chi connectivity index (χ3v) is 11.5. The fraction of sp³-hybridized carbons (Fsp3) is 0.419. The summed E-state index contributed by atoms with van der Waals surface area (Å²) in [6.45, 7) is 0. The van der Waals surface area contributed by atoms with Gasteiger partial charge in [0, 0.05) is 24.8 Å². The summed E-state index contributed by atoms with van der Waals surface area (Å²) in [7, 11) is 6.48. The Labute approximate surface area is 213 Å². The van der Waals surface area contributed by atoms with Crippen molar-refractivity contribution in [3.8, 4) is 0 Å². The van der Waals surface area contributed by atoms with Crippen molar-refractivity contribution >= 4 is 18.5 Å². The van der Waals surface area contributed by atoms with Gasteiger partial charge >= 0.3 is 0 Å². The minimum absolute atomic E-state index is 0.281. The number of allylic oxidation sites excluding steroid dienone is 10. The molecule has 0 amide bonds. The van der Waals surface area contributed by atoms with Crippen molar-refractivity contribution < 1.29 is 0 Å². The molecule has 6 aliphatic rings. The molecule has 0 saturated heterocycles. The van der Waals surface area contributed by atoms with Gasteiger partial charge in [0.25, 0.3) is 0 Å². The van der Waals surface area contributed by atoms with E-state index >= 15 is 0 Å². The number of H-pyrrole nitrogens is 2. The Hall–Kier alpha value is -1.88. The summed E-state index contributed by atoms with van der Waals surface area (Å²) >= 11 is 0. The number of hydrogen-bond donors (Lipinski definition) is 2. The van der Waals surface area contributed by atoms with Crippen LogP contribution in [0.1, 0.15) is 49.7 Å². The smallest absolute Gasteiger partial charge is 0.0624 e. The lowest BCUT2D eigenvalue weighted by Crippen LogP contribution is -2.54. The number of rotatable bonds is 5. The first-order valence-electron chi connectivity index (χ1n) is 13.4. The van der Waals surface area contributed by atoms with Crippen LogP contribution < -0.4 is 0 Å². The predicted molar refractivity (Wildman–Crippen MR) is 152 cm³/mol. The van der Waals surface area contributed by atoms with Crippen molar-refractivity contribution in [2.45, 2.75) is 43.7 Å².